The summed E-state index contributed by atoms with van der Waals surface area (Å²) in [6.07, 6.45) is 0. The van der Waals surface area contributed by atoms with E-state index in [1.54, 1.807) is 6.07 Å². The molecule has 0 unspecified atom stereocenters. The zero-order valence-electron chi connectivity index (χ0n) is 9.37. The summed E-state index contributed by atoms with van der Waals surface area (Å²) in [6, 6.07) is 4.40. The summed E-state index contributed by atoms with van der Waals surface area (Å²) in [5.74, 6) is -1.32. The number of carboxylic acids is 1. The summed E-state index contributed by atoms with van der Waals surface area (Å²) in [5, 5.41) is 9.13. The number of hydrogen-bond acceptors (Lipinski definition) is 6. The highest BCUT2D eigenvalue weighted by molar-refractivity contribution is 7.99. The SMILES string of the molecule is COC(=O)CSc1nc2ccc(C(=O)O)cc2o1. The van der Waals surface area contributed by atoms with Crippen molar-refractivity contribution in [2.45, 2.75) is 5.22 Å². The van der Waals surface area contributed by atoms with Crippen LogP contribution in [0.4, 0.5) is 0 Å². The van der Waals surface area contributed by atoms with Crippen molar-refractivity contribution >= 4 is 34.8 Å². The molecule has 0 aliphatic carbocycles. The molecule has 0 aliphatic rings. The minimum absolute atomic E-state index is 0.0924. The molecule has 7 heteroatoms. The van der Waals surface area contributed by atoms with Crippen LogP contribution in [0.1, 0.15) is 10.4 Å². The average molecular weight is 267 g/mol. The number of esters is 1. The normalized spacial score (nSPS) is 10.5. The minimum atomic E-state index is -1.03. The lowest BCUT2D eigenvalue weighted by molar-refractivity contribution is -0.137. The van der Waals surface area contributed by atoms with Crippen LogP contribution in [0.15, 0.2) is 27.8 Å². The maximum atomic E-state index is 11.0. The summed E-state index contributed by atoms with van der Waals surface area (Å²) in [6.45, 7) is 0. The Morgan fingerprint density at radius 1 is 1.50 bits per heavy atom. The van der Waals surface area contributed by atoms with E-state index in [4.69, 9.17) is 9.52 Å². The van der Waals surface area contributed by atoms with Crippen LogP contribution in [0.2, 0.25) is 0 Å². The maximum absolute atomic E-state index is 11.0. The fourth-order valence-corrected chi connectivity index (χ4v) is 1.95. The number of ether oxygens (including phenoxy) is 1. The first kappa shape index (κ1) is 12.4. The third-order valence-electron chi connectivity index (χ3n) is 2.16. The average Bonchev–Trinajstić information content (AvgIpc) is 2.77. The molecule has 2 aromatic rings. The molecule has 0 aliphatic heterocycles. The van der Waals surface area contributed by atoms with Gasteiger partial charge in [-0.1, -0.05) is 11.8 Å². The van der Waals surface area contributed by atoms with Crippen molar-refractivity contribution in [1.29, 1.82) is 0 Å². The predicted molar refractivity (Wildman–Crippen MR) is 63.7 cm³/mol. The molecular weight excluding hydrogens is 258 g/mol. The van der Waals surface area contributed by atoms with Gasteiger partial charge in [-0.15, -0.1) is 0 Å². The molecule has 94 valence electrons. The fourth-order valence-electron chi connectivity index (χ4n) is 1.28. The van der Waals surface area contributed by atoms with Gasteiger partial charge >= 0.3 is 11.9 Å². The highest BCUT2D eigenvalue weighted by Gasteiger charge is 2.11. The molecule has 6 nitrogen and oxygen atoms in total. The van der Waals surface area contributed by atoms with E-state index in [0.29, 0.717) is 16.3 Å². The number of nitrogens with zero attached hydrogens (tertiary/aromatic N) is 1. The summed E-state index contributed by atoms with van der Waals surface area (Å²) in [5.41, 5.74) is 1.05. The molecular formula is C11H9NO5S. The molecule has 18 heavy (non-hydrogen) atoms. The van der Waals surface area contributed by atoms with Crippen LogP contribution in [0.25, 0.3) is 11.1 Å². The Hall–Kier alpha value is -2.02. The van der Waals surface area contributed by atoms with Gasteiger partial charge in [-0.25, -0.2) is 9.78 Å². The van der Waals surface area contributed by atoms with E-state index in [1.807, 2.05) is 0 Å². The van der Waals surface area contributed by atoms with Crippen molar-refractivity contribution < 1.29 is 23.8 Å². The smallest absolute Gasteiger partial charge is 0.335 e. The van der Waals surface area contributed by atoms with Crippen LogP contribution in [-0.2, 0) is 9.53 Å². The second kappa shape index (κ2) is 5.09. The summed E-state index contributed by atoms with van der Waals surface area (Å²) >= 11 is 1.09. The third-order valence-corrected chi connectivity index (χ3v) is 2.96. The van der Waals surface area contributed by atoms with E-state index in [2.05, 4.69) is 9.72 Å². The number of rotatable bonds is 4. The van der Waals surface area contributed by atoms with Gasteiger partial charge in [0, 0.05) is 0 Å². The van der Waals surface area contributed by atoms with Crippen molar-refractivity contribution in [2.75, 3.05) is 12.9 Å². The fraction of sp³-hybridized carbons (Fsp3) is 0.182. The van der Waals surface area contributed by atoms with Crippen LogP contribution in [0, 0.1) is 0 Å². The van der Waals surface area contributed by atoms with E-state index >= 15 is 0 Å². The van der Waals surface area contributed by atoms with E-state index in [0.717, 1.165) is 11.8 Å². The first-order valence-corrected chi connectivity index (χ1v) is 5.92. The summed E-state index contributed by atoms with van der Waals surface area (Å²) < 4.78 is 9.82. The Bertz CT molecular complexity index is 606. The van der Waals surface area contributed by atoms with Crippen molar-refractivity contribution in [1.82, 2.24) is 4.98 Å². The summed E-state index contributed by atoms with van der Waals surface area (Å²) in [4.78, 5) is 25.8. The Balaban J connectivity index is 2.22. The molecule has 1 N–H and O–H groups in total. The lowest BCUT2D eigenvalue weighted by Gasteiger charge is -1.94. The number of aromatic nitrogens is 1. The third kappa shape index (κ3) is 2.62. The number of carboxylic acid groups (broad SMARTS) is 1. The van der Waals surface area contributed by atoms with Gasteiger partial charge in [0.1, 0.15) is 11.3 Å². The number of fused-ring (bicyclic) bond motifs is 1. The zero-order valence-corrected chi connectivity index (χ0v) is 10.2. The van der Waals surface area contributed by atoms with Crippen molar-refractivity contribution in [3.8, 4) is 0 Å². The van der Waals surface area contributed by atoms with E-state index in [9.17, 15) is 9.59 Å². The lowest BCUT2D eigenvalue weighted by Crippen LogP contribution is -2.02. The molecule has 0 spiro atoms. The number of thioether (sulfide) groups is 1. The maximum Gasteiger partial charge on any atom is 0.335 e. The van der Waals surface area contributed by atoms with Crippen molar-refractivity contribution in [3.05, 3.63) is 23.8 Å². The Morgan fingerprint density at radius 3 is 2.94 bits per heavy atom. The second-order valence-corrected chi connectivity index (χ2v) is 4.26. The molecule has 0 radical (unpaired) electrons. The molecule has 0 fully saturated rings. The quantitative estimate of drug-likeness (QED) is 0.667. The number of oxazole rings is 1. The number of benzene rings is 1. The molecule has 1 aromatic carbocycles. The number of hydrogen-bond donors (Lipinski definition) is 1. The molecule has 0 saturated heterocycles. The van der Waals surface area contributed by atoms with Crippen LogP contribution < -0.4 is 0 Å². The lowest BCUT2D eigenvalue weighted by atomic mass is 10.2. The molecule has 0 atom stereocenters. The largest absolute Gasteiger partial charge is 0.478 e. The summed E-state index contributed by atoms with van der Waals surface area (Å²) in [7, 11) is 1.30. The van der Waals surface area contributed by atoms with Gasteiger partial charge in [0.05, 0.1) is 12.7 Å². The van der Waals surface area contributed by atoms with Gasteiger partial charge in [0.15, 0.2) is 5.58 Å². The Labute approximate surface area is 106 Å². The molecule has 0 amide bonds. The second-order valence-electron chi connectivity index (χ2n) is 3.33. The number of aromatic carboxylic acids is 1. The standard InChI is InChI=1S/C11H9NO5S/c1-16-9(13)5-18-11-12-7-3-2-6(10(14)15)4-8(7)17-11/h2-4H,5H2,1H3,(H,14,15). The molecule has 1 aromatic heterocycles. The van der Waals surface area contributed by atoms with Gasteiger partial charge < -0.3 is 14.3 Å². The number of carbonyl (C=O) groups excluding carboxylic acids is 1. The van der Waals surface area contributed by atoms with Gasteiger partial charge in [0.2, 0.25) is 0 Å². The first-order chi connectivity index (χ1) is 8.60. The van der Waals surface area contributed by atoms with Gasteiger partial charge in [-0.2, -0.15) is 0 Å². The van der Waals surface area contributed by atoms with Crippen LogP contribution in [0.3, 0.4) is 0 Å². The van der Waals surface area contributed by atoms with Crippen molar-refractivity contribution in [2.24, 2.45) is 0 Å². The van der Waals surface area contributed by atoms with Gasteiger partial charge in [-0.05, 0) is 18.2 Å². The van der Waals surface area contributed by atoms with E-state index < -0.39 is 5.97 Å². The van der Waals surface area contributed by atoms with Crippen LogP contribution >= 0.6 is 11.8 Å². The highest BCUT2D eigenvalue weighted by atomic mass is 32.2. The molecule has 0 saturated carbocycles. The highest BCUT2D eigenvalue weighted by Crippen LogP contribution is 2.24. The minimum Gasteiger partial charge on any atom is -0.478 e. The van der Waals surface area contributed by atoms with Gasteiger partial charge in [-0.3, -0.25) is 4.79 Å². The first-order valence-electron chi connectivity index (χ1n) is 4.93. The molecule has 1 heterocycles. The predicted octanol–water partition coefficient (Wildman–Crippen LogP) is 1.79. The topological polar surface area (TPSA) is 89.6 Å². The zero-order chi connectivity index (χ0) is 13.1. The van der Waals surface area contributed by atoms with Gasteiger partial charge in [0.25, 0.3) is 5.22 Å². The number of methoxy groups -OCH3 is 1. The van der Waals surface area contributed by atoms with E-state index in [-0.39, 0.29) is 17.3 Å². The monoisotopic (exact) mass is 267 g/mol. The number of carbonyl (C=O) groups is 2. The van der Waals surface area contributed by atoms with Crippen molar-refractivity contribution in [3.63, 3.8) is 0 Å². The van der Waals surface area contributed by atoms with Crippen LogP contribution in [-0.4, -0.2) is 34.9 Å². The Kier molecular flexibility index (Phi) is 3.52. The molecule has 2 rings (SSSR count). The Morgan fingerprint density at radius 2 is 2.28 bits per heavy atom. The molecule has 0 bridgehead atoms. The van der Waals surface area contributed by atoms with Crippen LogP contribution in [0.5, 0.6) is 0 Å². The van der Waals surface area contributed by atoms with E-state index in [1.165, 1.54) is 19.2 Å².